The topological polar surface area (TPSA) is 35.1 Å². The molecule has 0 saturated carbocycles. The molecule has 2 nitrogen and oxygen atoms in total. The lowest BCUT2D eigenvalue weighted by molar-refractivity contribution is 0.528. The van der Waals surface area contributed by atoms with Crippen LogP contribution in [0.4, 0.5) is 8.78 Å². The fourth-order valence-electron chi connectivity index (χ4n) is 1.06. The molecule has 1 atom stereocenters. The molecule has 0 amide bonds. The molecule has 0 spiro atoms. The minimum Gasteiger partial charge on any atom is -0.598 e. The second-order valence-corrected chi connectivity index (χ2v) is 6.45. The summed E-state index contributed by atoms with van der Waals surface area (Å²) in [4.78, 5) is 0. The highest BCUT2D eigenvalue weighted by molar-refractivity contribution is 7.90. The van der Waals surface area contributed by atoms with Gasteiger partial charge in [0.05, 0.1) is 6.54 Å². The van der Waals surface area contributed by atoms with Crippen molar-refractivity contribution in [3.63, 3.8) is 0 Å². The highest BCUT2D eigenvalue weighted by Gasteiger charge is 2.26. The van der Waals surface area contributed by atoms with E-state index in [1.54, 1.807) is 20.8 Å². The molecule has 1 aromatic carbocycles. The first-order valence-corrected chi connectivity index (χ1v) is 6.05. The van der Waals surface area contributed by atoms with Crippen molar-refractivity contribution >= 4 is 11.4 Å². The largest absolute Gasteiger partial charge is 0.598 e. The van der Waals surface area contributed by atoms with Crippen LogP contribution in [0, 0.1) is 11.6 Å². The molecule has 0 aliphatic heterocycles. The molecule has 0 aliphatic rings. The van der Waals surface area contributed by atoms with Gasteiger partial charge in [-0.1, -0.05) is 6.07 Å². The Balaban J connectivity index is 2.69. The molecule has 16 heavy (non-hydrogen) atoms. The van der Waals surface area contributed by atoms with Gasteiger partial charge in [0.25, 0.3) is 0 Å². The van der Waals surface area contributed by atoms with Gasteiger partial charge < -0.3 is 4.55 Å². The zero-order valence-corrected chi connectivity index (χ0v) is 10.3. The van der Waals surface area contributed by atoms with Gasteiger partial charge in [-0.15, -0.1) is 4.72 Å². The zero-order chi connectivity index (χ0) is 12.3. The molecule has 0 fully saturated rings. The second-order valence-electron chi connectivity index (χ2n) is 4.40. The van der Waals surface area contributed by atoms with Crippen molar-refractivity contribution in [1.29, 1.82) is 0 Å². The maximum atomic E-state index is 13.2. The molecule has 1 aromatic rings. The zero-order valence-electron chi connectivity index (χ0n) is 9.51. The number of rotatable bonds is 3. The van der Waals surface area contributed by atoms with E-state index < -0.39 is 27.7 Å². The fourth-order valence-corrected chi connectivity index (χ4v) is 1.76. The Morgan fingerprint density at radius 1 is 1.25 bits per heavy atom. The van der Waals surface area contributed by atoms with Gasteiger partial charge in [-0.2, -0.15) is 0 Å². The van der Waals surface area contributed by atoms with Crippen LogP contribution >= 0.6 is 0 Å². The smallest absolute Gasteiger partial charge is 0.136 e. The molecular formula is C11H15F2NOS. The highest BCUT2D eigenvalue weighted by Crippen LogP contribution is 2.16. The van der Waals surface area contributed by atoms with E-state index in [1.807, 2.05) is 0 Å². The Labute approximate surface area is 97.4 Å². The number of hydrogen-bond donors (Lipinski definition) is 1. The van der Waals surface area contributed by atoms with Crippen LogP contribution in [0.1, 0.15) is 26.3 Å². The maximum absolute atomic E-state index is 13.2. The standard InChI is InChI=1S/C11H15F2NOS/c1-11(2,3)16(15)14-7-8-9(12)5-4-6-10(8)13/h4-6,14H,7H2,1-3H3. The van der Waals surface area contributed by atoms with Crippen molar-refractivity contribution in [2.45, 2.75) is 32.1 Å². The molecule has 1 N–H and O–H groups in total. The number of halogens is 2. The average molecular weight is 247 g/mol. The highest BCUT2D eigenvalue weighted by atomic mass is 32.2. The second kappa shape index (κ2) is 5.12. The molecule has 90 valence electrons. The van der Waals surface area contributed by atoms with Crippen molar-refractivity contribution in [3.8, 4) is 0 Å². The lowest BCUT2D eigenvalue weighted by Gasteiger charge is -2.23. The number of benzene rings is 1. The Hall–Kier alpha value is -0.650. The quantitative estimate of drug-likeness (QED) is 0.833. The van der Waals surface area contributed by atoms with Crippen LogP contribution in [0.15, 0.2) is 18.2 Å². The monoisotopic (exact) mass is 247 g/mol. The molecule has 0 aliphatic carbocycles. The van der Waals surface area contributed by atoms with Crippen molar-refractivity contribution < 1.29 is 13.3 Å². The first-order chi connectivity index (χ1) is 7.32. The van der Waals surface area contributed by atoms with Crippen LogP contribution in [-0.4, -0.2) is 9.30 Å². The van der Waals surface area contributed by atoms with Crippen molar-refractivity contribution in [1.82, 2.24) is 4.72 Å². The third-order valence-corrected chi connectivity index (χ3v) is 3.52. The van der Waals surface area contributed by atoms with Gasteiger partial charge in [-0.25, -0.2) is 8.78 Å². The SMILES string of the molecule is CC(C)(C)[S+]([O-])NCc1c(F)cccc1F. The van der Waals surface area contributed by atoms with Crippen molar-refractivity contribution in [2.75, 3.05) is 0 Å². The van der Waals surface area contributed by atoms with Gasteiger partial charge in [-0.05, 0) is 32.9 Å². The summed E-state index contributed by atoms with van der Waals surface area (Å²) < 4.78 is 40.2. The van der Waals surface area contributed by atoms with Crippen LogP contribution in [0.3, 0.4) is 0 Å². The minimum atomic E-state index is -1.34. The Bertz CT molecular complexity index is 345. The lowest BCUT2D eigenvalue weighted by Crippen LogP contribution is -2.39. The molecule has 0 aromatic heterocycles. The van der Waals surface area contributed by atoms with E-state index in [0.717, 1.165) is 0 Å². The maximum Gasteiger partial charge on any atom is 0.136 e. The average Bonchev–Trinajstić information content (AvgIpc) is 2.15. The van der Waals surface area contributed by atoms with Crippen LogP contribution < -0.4 is 4.72 Å². The van der Waals surface area contributed by atoms with Crippen LogP contribution in [0.25, 0.3) is 0 Å². The lowest BCUT2D eigenvalue weighted by atomic mass is 10.2. The van der Waals surface area contributed by atoms with Gasteiger partial charge in [0, 0.05) is 16.9 Å². The molecule has 0 saturated heterocycles. The van der Waals surface area contributed by atoms with Gasteiger partial charge in [-0.3, -0.25) is 0 Å². The Morgan fingerprint density at radius 3 is 2.19 bits per heavy atom. The van der Waals surface area contributed by atoms with E-state index in [0.29, 0.717) is 0 Å². The molecule has 0 bridgehead atoms. The predicted octanol–water partition coefficient (Wildman–Crippen LogP) is 2.52. The van der Waals surface area contributed by atoms with Crippen LogP contribution in [-0.2, 0) is 17.9 Å². The van der Waals surface area contributed by atoms with E-state index in [4.69, 9.17) is 0 Å². The van der Waals surface area contributed by atoms with Gasteiger partial charge in [0.1, 0.15) is 16.4 Å². The summed E-state index contributed by atoms with van der Waals surface area (Å²) >= 11 is -1.34. The Kier molecular flexibility index (Phi) is 4.29. The van der Waals surface area contributed by atoms with Gasteiger partial charge in [0.2, 0.25) is 0 Å². The van der Waals surface area contributed by atoms with Crippen LogP contribution in [0.5, 0.6) is 0 Å². The normalized spacial score (nSPS) is 13.9. The van der Waals surface area contributed by atoms with Gasteiger partial charge in [0.15, 0.2) is 0 Å². The summed E-state index contributed by atoms with van der Waals surface area (Å²) in [6.07, 6.45) is 0. The summed E-state index contributed by atoms with van der Waals surface area (Å²) in [5.74, 6) is -1.25. The first kappa shape index (κ1) is 13.4. The third-order valence-electron chi connectivity index (χ3n) is 2.00. The van der Waals surface area contributed by atoms with E-state index in [-0.39, 0.29) is 12.1 Å². The van der Waals surface area contributed by atoms with Crippen molar-refractivity contribution in [2.24, 2.45) is 0 Å². The molecular weight excluding hydrogens is 232 g/mol. The summed E-state index contributed by atoms with van der Waals surface area (Å²) in [5.41, 5.74) is -0.0832. The van der Waals surface area contributed by atoms with E-state index in [1.165, 1.54) is 18.2 Å². The molecule has 0 heterocycles. The summed E-state index contributed by atoms with van der Waals surface area (Å²) in [6, 6.07) is 3.66. The fraction of sp³-hybridized carbons (Fsp3) is 0.455. The third kappa shape index (κ3) is 3.43. The molecule has 0 radical (unpaired) electrons. The number of hydrogen-bond acceptors (Lipinski definition) is 2. The number of nitrogens with one attached hydrogen (secondary N) is 1. The summed E-state index contributed by atoms with van der Waals surface area (Å²) in [7, 11) is 0. The summed E-state index contributed by atoms with van der Waals surface area (Å²) in [6.45, 7) is 5.28. The van der Waals surface area contributed by atoms with E-state index >= 15 is 0 Å². The van der Waals surface area contributed by atoms with Gasteiger partial charge >= 0.3 is 0 Å². The van der Waals surface area contributed by atoms with Crippen molar-refractivity contribution in [3.05, 3.63) is 35.4 Å². The van der Waals surface area contributed by atoms with Crippen LogP contribution in [0.2, 0.25) is 0 Å². The first-order valence-electron chi connectivity index (χ1n) is 4.90. The molecule has 1 rings (SSSR count). The Morgan fingerprint density at radius 2 is 1.75 bits per heavy atom. The molecule has 1 unspecified atom stereocenters. The minimum absolute atomic E-state index is 0.0810. The predicted molar refractivity (Wildman–Crippen MR) is 61.1 cm³/mol. The van der Waals surface area contributed by atoms with E-state index in [9.17, 15) is 13.3 Å². The molecule has 5 heteroatoms. The summed E-state index contributed by atoms with van der Waals surface area (Å²) in [5, 5.41) is 0. The van der Waals surface area contributed by atoms with E-state index in [2.05, 4.69) is 4.72 Å².